The SMILES string of the molecule is [I-].c1cnc2c(c1)ccc1ccc[nH+]c12. The monoisotopic (exact) mass is 308 g/mol. The van der Waals surface area contributed by atoms with Crippen LogP contribution >= 0.6 is 0 Å². The van der Waals surface area contributed by atoms with Crippen molar-refractivity contribution in [3.05, 3.63) is 48.8 Å². The number of rotatable bonds is 0. The summed E-state index contributed by atoms with van der Waals surface area (Å²) in [6.07, 6.45) is 3.75. The Morgan fingerprint density at radius 1 is 0.933 bits per heavy atom. The fraction of sp³-hybridized carbons (Fsp3) is 0. The minimum Gasteiger partial charge on any atom is -1.00 e. The van der Waals surface area contributed by atoms with Crippen LogP contribution in [0.3, 0.4) is 0 Å². The fourth-order valence-electron chi connectivity index (χ4n) is 1.73. The van der Waals surface area contributed by atoms with Gasteiger partial charge in [-0.25, -0.2) is 9.97 Å². The number of hydrogen-bond acceptors (Lipinski definition) is 1. The van der Waals surface area contributed by atoms with E-state index >= 15 is 0 Å². The zero-order valence-electron chi connectivity index (χ0n) is 7.94. The number of benzene rings is 1. The number of aromatic amines is 1. The molecule has 0 spiro atoms. The van der Waals surface area contributed by atoms with Crippen LogP contribution in [-0.2, 0) is 0 Å². The van der Waals surface area contributed by atoms with Crippen molar-refractivity contribution in [2.45, 2.75) is 0 Å². The minimum absolute atomic E-state index is 0. The van der Waals surface area contributed by atoms with E-state index in [-0.39, 0.29) is 24.0 Å². The Kier molecular flexibility index (Phi) is 2.81. The number of halogens is 1. The average molecular weight is 308 g/mol. The van der Waals surface area contributed by atoms with Crippen LogP contribution in [0.2, 0.25) is 0 Å². The summed E-state index contributed by atoms with van der Waals surface area (Å²) >= 11 is 0. The van der Waals surface area contributed by atoms with E-state index in [0.29, 0.717) is 0 Å². The predicted molar refractivity (Wildman–Crippen MR) is 55.8 cm³/mol. The molecule has 0 unspecified atom stereocenters. The first-order chi connectivity index (χ1) is 6.95. The van der Waals surface area contributed by atoms with Crippen LogP contribution < -0.4 is 29.0 Å². The third-order valence-electron chi connectivity index (χ3n) is 2.41. The number of fused-ring (bicyclic) bond motifs is 3. The highest BCUT2D eigenvalue weighted by Gasteiger charge is 2.05. The van der Waals surface area contributed by atoms with Crippen molar-refractivity contribution in [2.24, 2.45) is 0 Å². The molecular formula is C12H9IN2. The Labute approximate surface area is 104 Å². The van der Waals surface area contributed by atoms with E-state index in [4.69, 9.17) is 0 Å². The number of pyridine rings is 2. The lowest BCUT2D eigenvalue weighted by molar-refractivity contribution is -0.343. The van der Waals surface area contributed by atoms with E-state index in [2.05, 4.69) is 34.2 Å². The second kappa shape index (κ2) is 4.10. The molecule has 0 amide bonds. The van der Waals surface area contributed by atoms with Gasteiger partial charge in [-0.2, -0.15) is 0 Å². The van der Waals surface area contributed by atoms with Crippen LogP contribution in [-0.4, -0.2) is 4.98 Å². The Balaban J connectivity index is 0.000000853. The van der Waals surface area contributed by atoms with Crippen molar-refractivity contribution in [2.75, 3.05) is 0 Å². The van der Waals surface area contributed by atoms with Crippen LogP contribution in [0.15, 0.2) is 48.8 Å². The Hall–Kier alpha value is -1.23. The lowest BCUT2D eigenvalue weighted by atomic mass is 10.1. The summed E-state index contributed by atoms with van der Waals surface area (Å²) in [6.45, 7) is 0. The second-order valence-electron chi connectivity index (χ2n) is 3.28. The second-order valence-corrected chi connectivity index (χ2v) is 3.28. The van der Waals surface area contributed by atoms with E-state index in [9.17, 15) is 0 Å². The maximum atomic E-state index is 4.38. The summed E-state index contributed by atoms with van der Waals surface area (Å²) in [4.78, 5) is 7.61. The van der Waals surface area contributed by atoms with Crippen LogP contribution in [0.4, 0.5) is 0 Å². The number of aromatic nitrogens is 2. The molecule has 74 valence electrons. The molecule has 0 saturated heterocycles. The van der Waals surface area contributed by atoms with E-state index in [1.165, 1.54) is 10.8 Å². The molecule has 0 atom stereocenters. The van der Waals surface area contributed by atoms with Gasteiger partial charge < -0.3 is 24.0 Å². The molecule has 3 heteroatoms. The number of H-pyrrole nitrogens is 1. The number of nitrogens with zero attached hydrogens (tertiary/aromatic N) is 1. The molecule has 0 aliphatic rings. The van der Waals surface area contributed by atoms with Crippen molar-refractivity contribution >= 4 is 21.8 Å². The number of hydrogen-bond donors (Lipinski definition) is 0. The summed E-state index contributed by atoms with van der Waals surface area (Å²) < 4.78 is 0. The highest BCUT2D eigenvalue weighted by Crippen LogP contribution is 2.18. The van der Waals surface area contributed by atoms with Gasteiger partial charge in [-0.3, -0.25) is 0 Å². The third kappa shape index (κ3) is 1.67. The molecule has 0 aliphatic heterocycles. The first kappa shape index (κ1) is 10.3. The van der Waals surface area contributed by atoms with Crippen molar-refractivity contribution in [3.8, 4) is 0 Å². The molecule has 15 heavy (non-hydrogen) atoms. The molecule has 1 N–H and O–H groups in total. The van der Waals surface area contributed by atoms with Crippen molar-refractivity contribution in [1.82, 2.24) is 4.98 Å². The van der Waals surface area contributed by atoms with Crippen LogP contribution in [0.25, 0.3) is 21.8 Å². The first-order valence-corrected chi connectivity index (χ1v) is 4.59. The molecule has 1 aromatic carbocycles. The van der Waals surface area contributed by atoms with Crippen molar-refractivity contribution < 1.29 is 29.0 Å². The van der Waals surface area contributed by atoms with Gasteiger partial charge >= 0.3 is 0 Å². The van der Waals surface area contributed by atoms with Gasteiger partial charge in [-0.05, 0) is 18.2 Å². The smallest absolute Gasteiger partial charge is 0.237 e. The van der Waals surface area contributed by atoms with Crippen LogP contribution in [0.5, 0.6) is 0 Å². The van der Waals surface area contributed by atoms with Crippen LogP contribution in [0, 0.1) is 0 Å². The standard InChI is InChI=1S/C12H8N2.HI/c1-3-9-5-6-10-4-2-8-14-12(10)11(9)13-7-1;/h1-8H;1H. The Bertz CT molecular complexity index is 553. The fourth-order valence-corrected chi connectivity index (χ4v) is 1.73. The largest absolute Gasteiger partial charge is 1.00 e. The zero-order chi connectivity index (χ0) is 9.38. The van der Waals surface area contributed by atoms with Crippen molar-refractivity contribution in [1.29, 1.82) is 0 Å². The molecule has 0 bridgehead atoms. The highest BCUT2D eigenvalue weighted by molar-refractivity contribution is 6.00. The lowest BCUT2D eigenvalue weighted by Crippen LogP contribution is -3.00. The van der Waals surface area contributed by atoms with Gasteiger partial charge in [-0.15, -0.1) is 0 Å². The van der Waals surface area contributed by atoms with Gasteiger partial charge in [0.2, 0.25) is 5.52 Å². The Morgan fingerprint density at radius 2 is 1.73 bits per heavy atom. The van der Waals surface area contributed by atoms with E-state index in [1.807, 2.05) is 24.5 Å². The summed E-state index contributed by atoms with van der Waals surface area (Å²) in [6, 6.07) is 12.3. The first-order valence-electron chi connectivity index (χ1n) is 4.59. The van der Waals surface area contributed by atoms with Gasteiger partial charge in [0.25, 0.3) is 0 Å². The summed E-state index contributed by atoms with van der Waals surface area (Å²) in [5, 5.41) is 2.36. The van der Waals surface area contributed by atoms with Crippen molar-refractivity contribution in [3.63, 3.8) is 0 Å². The van der Waals surface area contributed by atoms with Gasteiger partial charge in [0, 0.05) is 23.0 Å². The topological polar surface area (TPSA) is 27.0 Å². The molecular weight excluding hydrogens is 299 g/mol. The Morgan fingerprint density at radius 3 is 2.67 bits per heavy atom. The zero-order valence-corrected chi connectivity index (χ0v) is 10.1. The van der Waals surface area contributed by atoms with E-state index in [1.54, 1.807) is 0 Å². The summed E-state index contributed by atoms with van der Waals surface area (Å²) in [5.41, 5.74) is 2.14. The molecule has 3 rings (SSSR count). The normalized spacial score (nSPS) is 10.1. The van der Waals surface area contributed by atoms with E-state index < -0.39 is 0 Å². The molecule has 0 saturated carbocycles. The maximum absolute atomic E-state index is 4.38. The molecule has 2 nitrogen and oxygen atoms in total. The molecule has 0 radical (unpaired) electrons. The highest BCUT2D eigenvalue weighted by atomic mass is 127. The van der Waals surface area contributed by atoms with Gasteiger partial charge in [0.05, 0.1) is 0 Å². The van der Waals surface area contributed by atoms with Gasteiger partial charge in [0.15, 0.2) is 6.20 Å². The molecule has 0 aliphatic carbocycles. The maximum Gasteiger partial charge on any atom is 0.237 e. The summed E-state index contributed by atoms with van der Waals surface area (Å²) in [5.74, 6) is 0. The predicted octanol–water partition coefficient (Wildman–Crippen LogP) is -0.794. The molecule has 0 fully saturated rings. The van der Waals surface area contributed by atoms with Gasteiger partial charge in [0.1, 0.15) is 5.52 Å². The molecule has 2 heterocycles. The minimum atomic E-state index is 0. The third-order valence-corrected chi connectivity index (χ3v) is 2.41. The average Bonchev–Trinajstić information content (AvgIpc) is 2.29. The summed E-state index contributed by atoms with van der Waals surface area (Å²) in [7, 11) is 0. The quantitative estimate of drug-likeness (QED) is 0.395. The van der Waals surface area contributed by atoms with Gasteiger partial charge in [-0.1, -0.05) is 12.1 Å². The number of nitrogens with one attached hydrogen (secondary N) is 1. The molecule has 3 aromatic rings. The molecule has 2 aromatic heterocycles. The van der Waals surface area contributed by atoms with Crippen LogP contribution in [0.1, 0.15) is 0 Å². The van der Waals surface area contributed by atoms with E-state index in [0.717, 1.165) is 11.0 Å². The lowest BCUT2D eigenvalue weighted by Gasteiger charge is -1.96.